The van der Waals surface area contributed by atoms with Crippen molar-refractivity contribution in [3.8, 4) is 0 Å². The van der Waals surface area contributed by atoms with Crippen molar-refractivity contribution in [2.24, 2.45) is 0 Å². The Balaban J connectivity index is 1.91. The van der Waals surface area contributed by atoms with Gasteiger partial charge < -0.3 is 10.0 Å². The molecule has 2 nitrogen and oxygen atoms in total. The van der Waals surface area contributed by atoms with Crippen LogP contribution in [-0.4, -0.2) is 11.1 Å². The molecule has 1 atom stereocenters. The SMILES string of the molecule is CCC(O)c1ccccc1N(Cc1ccsc1)C1CC1. The Bertz CT molecular complexity index is 548. The smallest absolute Gasteiger partial charge is 0.0807 e. The minimum Gasteiger partial charge on any atom is -0.388 e. The van der Waals surface area contributed by atoms with Crippen molar-refractivity contribution in [2.45, 2.75) is 44.9 Å². The number of anilines is 1. The fraction of sp³-hybridized carbons (Fsp3) is 0.412. The van der Waals surface area contributed by atoms with E-state index in [1.54, 1.807) is 11.3 Å². The highest BCUT2D eigenvalue weighted by atomic mass is 32.1. The molecule has 1 aliphatic carbocycles. The summed E-state index contributed by atoms with van der Waals surface area (Å²) in [7, 11) is 0. The first kappa shape index (κ1) is 13.7. The molecule has 0 saturated heterocycles. The summed E-state index contributed by atoms with van der Waals surface area (Å²) in [6, 6.07) is 11.1. The molecule has 3 heteroatoms. The van der Waals surface area contributed by atoms with Gasteiger partial charge in [0.25, 0.3) is 0 Å². The Morgan fingerprint density at radius 3 is 2.75 bits per heavy atom. The maximum absolute atomic E-state index is 10.3. The van der Waals surface area contributed by atoms with Crippen LogP contribution in [0.25, 0.3) is 0 Å². The van der Waals surface area contributed by atoms with Crippen LogP contribution in [0, 0.1) is 0 Å². The first-order chi connectivity index (χ1) is 9.79. The van der Waals surface area contributed by atoms with Gasteiger partial charge in [0.15, 0.2) is 0 Å². The molecule has 1 aromatic carbocycles. The molecule has 1 saturated carbocycles. The second kappa shape index (κ2) is 5.98. The number of nitrogens with zero attached hydrogens (tertiary/aromatic N) is 1. The highest BCUT2D eigenvalue weighted by molar-refractivity contribution is 7.07. The highest BCUT2D eigenvalue weighted by Crippen LogP contribution is 2.37. The zero-order valence-corrected chi connectivity index (χ0v) is 12.6. The number of rotatable bonds is 6. The van der Waals surface area contributed by atoms with E-state index in [0.29, 0.717) is 6.04 Å². The lowest BCUT2D eigenvalue weighted by molar-refractivity contribution is 0.174. The summed E-state index contributed by atoms with van der Waals surface area (Å²) in [6.07, 6.45) is 2.92. The third-order valence-electron chi connectivity index (χ3n) is 3.91. The van der Waals surface area contributed by atoms with Gasteiger partial charge in [-0.2, -0.15) is 11.3 Å². The summed E-state index contributed by atoms with van der Waals surface area (Å²) in [5, 5.41) is 14.6. The summed E-state index contributed by atoms with van der Waals surface area (Å²) in [5.74, 6) is 0. The molecular formula is C17H21NOS. The molecule has 0 spiro atoms. The van der Waals surface area contributed by atoms with E-state index >= 15 is 0 Å². The molecule has 1 unspecified atom stereocenters. The molecule has 3 rings (SSSR count). The zero-order chi connectivity index (χ0) is 13.9. The first-order valence-corrected chi connectivity index (χ1v) is 8.28. The normalized spacial score (nSPS) is 16.1. The lowest BCUT2D eigenvalue weighted by atomic mass is 10.0. The van der Waals surface area contributed by atoms with Crippen LogP contribution in [0.4, 0.5) is 5.69 Å². The van der Waals surface area contributed by atoms with Crippen LogP contribution in [0.3, 0.4) is 0 Å². The molecule has 20 heavy (non-hydrogen) atoms. The first-order valence-electron chi connectivity index (χ1n) is 7.34. The number of thiophene rings is 1. The van der Waals surface area contributed by atoms with E-state index in [-0.39, 0.29) is 6.10 Å². The molecule has 1 aromatic heterocycles. The number of aliphatic hydroxyl groups is 1. The van der Waals surface area contributed by atoms with Crippen LogP contribution in [0.2, 0.25) is 0 Å². The van der Waals surface area contributed by atoms with Crippen LogP contribution in [0.1, 0.15) is 43.4 Å². The van der Waals surface area contributed by atoms with E-state index < -0.39 is 0 Å². The third-order valence-corrected chi connectivity index (χ3v) is 4.64. The zero-order valence-electron chi connectivity index (χ0n) is 11.8. The van der Waals surface area contributed by atoms with Gasteiger partial charge in [0.2, 0.25) is 0 Å². The monoisotopic (exact) mass is 287 g/mol. The van der Waals surface area contributed by atoms with Gasteiger partial charge in [-0.3, -0.25) is 0 Å². The van der Waals surface area contributed by atoms with Crippen molar-refractivity contribution >= 4 is 17.0 Å². The molecule has 0 aliphatic heterocycles. The van der Waals surface area contributed by atoms with Crippen molar-refractivity contribution in [1.82, 2.24) is 0 Å². The topological polar surface area (TPSA) is 23.5 Å². The third kappa shape index (κ3) is 2.89. The molecule has 2 aromatic rings. The Labute approximate surface area is 124 Å². The van der Waals surface area contributed by atoms with Crippen LogP contribution >= 0.6 is 11.3 Å². The van der Waals surface area contributed by atoms with Crippen LogP contribution < -0.4 is 4.90 Å². The van der Waals surface area contributed by atoms with Gasteiger partial charge in [-0.1, -0.05) is 25.1 Å². The van der Waals surface area contributed by atoms with Gasteiger partial charge >= 0.3 is 0 Å². The number of hydrogen-bond donors (Lipinski definition) is 1. The second-order valence-electron chi connectivity index (χ2n) is 5.47. The minimum atomic E-state index is -0.366. The predicted octanol–water partition coefficient (Wildman–Crippen LogP) is 4.36. The maximum Gasteiger partial charge on any atom is 0.0807 e. The summed E-state index contributed by atoms with van der Waals surface area (Å²) in [6.45, 7) is 2.98. The molecule has 1 fully saturated rings. The summed E-state index contributed by atoms with van der Waals surface area (Å²) in [4.78, 5) is 2.47. The fourth-order valence-corrected chi connectivity index (χ4v) is 3.29. The molecule has 0 radical (unpaired) electrons. The Morgan fingerprint density at radius 2 is 2.10 bits per heavy atom. The van der Waals surface area contributed by atoms with Gasteiger partial charge in [0, 0.05) is 23.8 Å². The lowest BCUT2D eigenvalue weighted by Gasteiger charge is -2.28. The van der Waals surface area contributed by atoms with Crippen LogP contribution in [0.5, 0.6) is 0 Å². The molecule has 1 heterocycles. The minimum absolute atomic E-state index is 0.366. The van der Waals surface area contributed by atoms with E-state index in [4.69, 9.17) is 0 Å². The van der Waals surface area contributed by atoms with E-state index in [1.165, 1.54) is 24.1 Å². The standard InChI is InChI=1S/C17H21NOS/c1-2-17(19)15-5-3-4-6-16(15)18(14-7-8-14)11-13-9-10-20-12-13/h3-6,9-10,12,14,17,19H,2,7-8,11H2,1H3. The van der Waals surface area contributed by atoms with E-state index in [0.717, 1.165) is 18.5 Å². The van der Waals surface area contributed by atoms with Crippen molar-refractivity contribution in [3.05, 3.63) is 52.2 Å². The largest absolute Gasteiger partial charge is 0.388 e. The van der Waals surface area contributed by atoms with Crippen molar-refractivity contribution < 1.29 is 5.11 Å². The molecular weight excluding hydrogens is 266 g/mol. The maximum atomic E-state index is 10.3. The van der Waals surface area contributed by atoms with Crippen molar-refractivity contribution in [3.63, 3.8) is 0 Å². The quantitative estimate of drug-likeness (QED) is 0.853. The molecule has 1 N–H and O–H groups in total. The van der Waals surface area contributed by atoms with E-state index in [9.17, 15) is 5.11 Å². The molecule has 1 aliphatic rings. The Morgan fingerprint density at radius 1 is 1.30 bits per heavy atom. The van der Waals surface area contributed by atoms with Gasteiger partial charge in [0.05, 0.1) is 6.10 Å². The van der Waals surface area contributed by atoms with Crippen molar-refractivity contribution in [2.75, 3.05) is 4.90 Å². The number of aliphatic hydroxyl groups excluding tert-OH is 1. The average molecular weight is 287 g/mol. The van der Waals surface area contributed by atoms with Crippen LogP contribution in [-0.2, 0) is 6.54 Å². The summed E-state index contributed by atoms with van der Waals surface area (Å²) in [5.41, 5.74) is 3.63. The van der Waals surface area contributed by atoms with E-state index in [1.807, 2.05) is 13.0 Å². The fourth-order valence-electron chi connectivity index (χ4n) is 2.63. The lowest BCUT2D eigenvalue weighted by Crippen LogP contribution is -2.26. The van der Waals surface area contributed by atoms with Gasteiger partial charge in [-0.05, 0) is 47.7 Å². The number of hydrogen-bond acceptors (Lipinski definition) is 3. The number of para-hydroxylation sites is 1. The van der Waals surface area contributed by atoms with Crippen LogP contribution in [0.15, 0.2) is 41.1 Å². The second-order valence-corrected chi connectivity index (χ2v) is 6.25. The highest BCUT2D eigenvalue weighted by Gasteiger charge is 2.31. The van der Waals surface area contributed by atoms with Crippen molar-refractivity contribution in [1.29, 1.82) is 0 Å². The average Bonchev–Trinajstić information content (AvgIpc) is 3.20. The predicted molar refractivity (Wildman–Crippen MR) is 85.2 cm³/mol. The van der Waals surface area contributed by atoms with E-state index in [2.05, 4.69) is 39.9 Å². The van der Waals surface area contributed by atoms with Gasteiger partial charge in [-0.15, -0.1) is 0 Å². The molecule has 106 valence electrons. The molecule has 0 bridgehead atoms. The summed E-state index contributed by atoms with van der Waals surface area (Å²) >= 11 is 1.75. The number of benzene rings is 1. The molecule has 0 amide bonds. The Hall–Kier alpha value is -1.32. The summed E-state index contributed by atoms with van der Waals surface area (Å²) < 4.78 is 0. The van der Waals surface area contributed by atoms with Gasteiger partial charge in [0.1, 0.15) is 0 Å². The van der Waals surface area contributed by atoms with Gasteiger partial charge in [-0.25, -0.2) is 0 Å². The Kier molecular flexibility index (Phi) is 4.08.